The number of aliphatic hydroxyl groups excluding tert-OH is 5. The van der Waals surface area contributed by atoms with Crippen LogP contribution in [0.1, 0.15) is 110 Å². The summed E-state index contributed by atoms with van der Waals surface area (Å²) in [5.41, 5.74) is -4.04. The summed E-state index contributed by atoms with van der Waals surface area (Å²) in [4.78, 5) is 26.1. The average Bonchev–Trinajstić information content (AvgIpc) is 3.33. The zero-order valence-electron chi connectivity index (χ0n) is 47.0. The number of carbonyl (C=O) groups excluding carboxylic acids is 2. The first-order chi connectivity index (χ1) is 37.4. The highest BCUT2D eigenvalue weighted by Crippen LogP contribution is 2.69. The molecule has 28 atom stereocenters. The lowest BCUT2D eigenvalue weighted by Crippen LogP contribution is -2.70. The van der Waals surface area contributed by atoms with Crippen molar-refractivity contribution in [3.8, 4) is 0 Å². The third-order valence-corrected chi connectivity index (χ3v) is 19.7. The lowest BCUT2D eigenvalue weighted by Gasteiger charge is -2.65. The Morgan fingerprint density at radius 2 is 1.32 bits per heavy atom. The summed E-state index contributed by atoms with van der Waals surface area (Å²) in [5, 5.41) is 78.4. The van der Waals surface area contributed by atoms with Crippen molar-refractivity contribution in [2.24, 2.45) is 28.6 Å². The summed E-state index contributed by atoms with van der Waals surface area (Å²) >= 11 is 0. The third-order valence-electron chi connectivity index (χ3n) is 19.7. The summed E-state index contributed by atoms with van der Waals surface area (Å²) in [6.45, 7) is 11.9. The molecule has 446 valence electrons. The van der Waals surface area contributed by atoms with E-state index in [4.69, 9.17) is 61.6 Å². The van der Waals surface area contributed by atoms with Gasteiger partial charge in [-0.1, -0.05) is 44.2 Å². The fourth-order valence-corrected chi connectivity index (χ4v) is 15.2. The topological polar surface area (TPSA) is 296 Å². The van der Waals surface area contributed by atoms with Crippen LogP contribution in [0.15, 0.2) is 42.5 Å². The van der Waals surface area contributed by atoms with Crippen LogP contribution in [0.4, 0.5) is 0 Å². The van der Waals surface area contributed by atoms with Gasteiger partial charge in [0.05, 0.1) is 60.0 Å². The van der Waals surface area contributed by atoms with Crippen molar-refractivity contribution in [1.82, 2.24) is 0 Å². The van der Waals surface area contributed by atoms with Crippen molar-refractivity contribution < 1.29 is 107 Å². The van der Waals surface area contributed by atoms with Crippen LogP contribution in [-0.4, -0.2) is 216 Å². The Kier molecular flexibility index (Phi) is 18.5. The van der Waals surface area contributed by atoms with Gasteiger partial charge in [-0.25, -0.2) is 4.79 Å². The van der Waals surface area contributed by atoms with Crippen LogP contribution < -0.4 is 0 Å². The molecule has 0 radical (unpaired) electrons. The van der Waals surface area contributed by atoms with Gasteiger partial charge in [0.2, 0.25) is 0 Å². The molecule has 4 aliphatic heterocycles. The second kappa shape index (κ2) is 24.0. The van der Waals surface area contributed by atoms with E-state index in [-0.39, 0.29) is 30.6 Å². The van der Waals surface area contributed by atoms with Crippen LogP contribution >= 0.6 is 0 Å². The first kappa shape index (κ1) is 60.8. The highest BCUT2D eigenvalue weighted by Gasteiger charge is 2.73. The standard InChI is InChI=1S/C57H86O22/c1-27(70-31(5)59)34-18-21-57(66)35-17-20-56(65)25-33(16-19-54(56,6)36(35)22-40(55(34,57)7)76-51(64)32-14-12-11-13-15-32)74-41-23-37(67-8)47(28(2)71-41)77-42-24-38(68-9)48(29(3)72-42)78-53-46(63)50(69-10)49(30(4)73-53)79-52-45(62)44(61)43(60)39(26-58)75-52/h11-15,17,20,27-30,33-50,52-53,58,60-63,65-66H,16,18-19,21-26H2,1-10H3/t27-,28+,29+,30+,33-,34+,35-,36-,37-,38-,39+,40+,41-,42-,43-,44-,45+,46+,47+,48+,49+,50+,52-,53-,54+,55-,56+,57-/m0/s1. The predicted octanol–water partition coefficient (Wildman–Crippen LogP) is 2.20. The number of ether oxygens (including phenoxy) is 13. The van der Waals surface area contributed by atoms with Crippen molar-refractivity contribution in [1.29, 1.82) is 0 Å². The van der Waals surface area contributed by atoms with Gasteiger partial charge < -0.3 is 97.3 Å². The number of fused-ring (bicyclic) bond motifs is 5. The Hall–Kier alpha value is -2.82. The minimum absolute atomic E-state index is 0.218. The van der Waals surface area contributed by atoms with Gasteiger partial charge >= 0.3 is 11.9 Å². The number of methoxy groups -OCH3 is 3. The molecule has 0 aromatic heterocycles. The molecule has 0 spiro atoms. The SMILES string of the molecule is CO[C@@H]1[C@@H](O)[C@H](O[C@H]2[C@@H](OC)C[C@H](O[C@H]3[C@@H](OC)C[C@H](O[C@H]4CC[C@]5(C)[C@H]6C[C@@H](OC(=O)c7ccccc7)[C@]7(C)[C@@H]([C@H](C)OC(C)=O)CC[C@]7(O)[C@H]6C=C[C@@]5(O)C4)O[C@@H]3C)O[C@@H]2C)O[C@H](C)[C@H]1O[C@@H]1O[C@H](CO)[C@H](O)[C@H](O)[C@H]1O. The summed E-state index contributed by atoms with van der Waals surface area (Å²) in [6.07, 6.45) is -13.0. The second-order valence-corrected chi connectivity index (χ2v) is 24.0. The highest BCUT2D eigenvalue weighted by molar-refractivity contribution is 5.89. The second-order valence-electron chi connectivity index (χ2n) is 24.0. The average molecular weight is 1120 g/mol. The van der Waals surface area contributed by atoms with E-state index in [1.165, 1.54) is 21.1 Å². The van der Waals surface area contributed by atoms with E-state index in [9.17, 15) is 45.3 Å². The third kappa shape index (κ3) is 11.1. The van der Waals surface area contributed by atoms with E-state index in [1.54, 1.807) is 45.2 Å². The van der Waals surface area contributed by atoms with E-state index in [1.807, 2.05) is 39.0 Å². The van der Waals surface area contributed by atoms with Gasteiger partial charge in [-0.3, -0.25) is 4.79 Å². The molecule has 22 nitrogen and oxygen atoms in total. The molecule has 1 aromatic carbocycles. The van der Waals surface area contributed by atoms with Crippen LogP contribution in [0, 0.1) is 28.6 Å². The molecule has 8 aliphatic rings. The number of hydrogen-bond donors (Lipinski definition) is 7. The zero-order chi connectivity index (χ0) is 57.1. The molecule has 4 saturated heterocycles. The van der Waals surface area contributed by atoms with Crippen molar-refractivity contribution in [3.05, 3.63) is 48.0 Å². The maximum atomic E-state index is 13.9. The number of benzene rings is 1. The van der Waals surface area contributed by atoms with Gasteiger partial charge in [0.25, 0.3) is 0 Å². The Bertz CT molecular complexity index is 2260. The van der Waals surface area contributed by atoms with Crippen molar-refractivity contribution >= 4 is 11.9 Å². The molecule has 1 aromatic rings. The van der Waals surface area contributed by atoms with Crippen LogP contribution in [0.2, 0.25) is 0 Å². The summed E-state index contributed by atoms with van der Waals surface area (Å²) < 4.78 is 80.2. The van der Waals surface area contributed by atoms with Gasteiger partial charge in [-0.15, -0.1) is 0 Å². The largest absolute Gasteiger partial charge is 0.463 e. The number of rotatable bonds is 16. The minimum Gasteiger partial charge on any atom is -0.463 e. The molecule has 3 saturated carbocycles. The molecule has 4 heterocycles. The smallest absolute Gasteiger partial charge is 0.338 e. The lowest BCUT2D eigenvalue weighted by molar-refractivity contribution is -0.373. The first-order valence-electron chi connectivity index (χ1n) is 28.2. The van der Waals surface area contributed by atoms with E-state index in [0.29, 0.717) is 44.1 Å². The minimum atomic E-state index is -1.68. The first-order valence-corrected chi connectivity index (χ1v) is 28.2. The summed E-state index contributed by atoms with van der Waals surface area (Å²) in [7, 11) is 4.49. The van der Waals surface area contributed by atoms with Crippen molar-refractivity contribution in [2.45, 2.75) is 240 Å². The van der Waals surface area contributed by atoms with Crippen molar-refractivity contribution in [2.75, 3.05) is 27.9 Å². The molecule has 7 fully saturated rings. The molecule has 0 amide bonds. The maximum absolute atomic E-state index is 13.9. The van der Waals surface area contributed by atoms with E-state index < -0.39 is 170 Å². The highest BCUT2D eigenvalue weighted by atomic mass is 16.8. The molecule has 4 aliphatic carbocycles. The van der Waals surface area contributed by atoms with E-state index >= 15 is 0 Å². The van der Waals surface area contributed by atoms with Crippen molar-refractivity contribution in [3.63, 3.8) is 0 Å². The monoisotopic (exact) mass is 1120 g/mol. The molecule has 7 N–H and O–H groups in total. The molecule has 22 heteroatoms. The Morgan fingerprint density at radius 3 is 1.94 bits per heavy atom. The zero-order valence-corrected chi connectivity index (χ0v) is 47.0. The molecule has 0 unspecified atom stereocenters. The van der Waals surface area contributed by atoms with Crippen LogP contribution in [0.25, 0.3) is 0 Å². The van der Waals surface area contributed by atoms with Gasteiger partial charge in [-0.05, 0) is 77.8 Å². The summed E-state index contributed by atoms with van der Waals surface area (Å²) in [6, 6.07) is 8.77. The normalized spacial score (nSPS) is 49.2. The molecule has 0 bridgehead atoms. The fraction of sp³-hybridized carbons (Fsp3) is 0.825. The predicted molar refractivity (Wildman–Crippen MR) is 274 cm³/mol. The van der Waals surface area contributed by atoms with E-state index in [2.05, 4.69) is 6.92 Å². The lowest BCUT2D eigenvalue weighted by atomic mass is 9.43. The quantitative estimate of drug-likeness (QED) is 0.0922. The van der Waals surface area contributed by atoms with Crippen LogP contribution in [-0.2, 0) is 66.4 Å². The van der Waals surface area contributed by atoms with Gasteiger partial charge in [0, 0.05) is 70.2 Å². The summed E-state index contributed by atoms with van der Waals surface area (Å²) in [5.74, 6) is -1.89. The number of esters is 2. The fourth-order valence-electron chi connectivity index (χ4n) is 15.2. The molecular formula is C57H86O22. The van der Waals surface area contributed by atoms with Gasteiger partial charge in [-0.2, -0.15) is 0 Å². The van der Waals surface area contributed by atoms with Gasteiger partial charge in [0.15, 0.2) is 25.2 Å². The molecule has 79 heavy (non-hydrogen) atoms. The number of aliphatic hydroxyl groups is 7. The Balaban J connectivity index is 0.821. The maximum Gasteiger partial charge on any atom is 0.338 e. The van der Waals surface area contributed by atoms with Crippen LogP contribution in [0.5, 0.6) is 0 Å². The number of hydrogen-bond acceptors (Lipinski definition) is 22. The molecule has 9 rings (SSSR count). The van der Waals surface area contributed by atoms with Crippen LogP contribution in [0.3, 0.4) is 0 Å². The molecular weight excluding hydrogens is 1040 g/mol. The Morgan fingerprint density at radius 1 is 0.709 bits per heavy atom. The van der Waals surface area contributed by atoms with Gasteiger partial charge in [0.1, 0.15) is 67.1 Å². The Labute approximate surface area is 462 Å². The van der Waals surface area contributed by atoms with E-state index in [0.717, 1.165) is 0 Å². The number of carbonyl (C=O) groups is 2.